The molecule has 120 valence electrons. The van der Waals surface area contributed by atoms with E-state index in [1.54, 1.807) is 29.2 Å². The zero-order valence-electron chi connectivity index (χ0n) is 13.6. The van der Waals surface area contributed by atoms with Gasteiger partial charge in [-0.3, -0.25) is 9.59 Å². The van der Waals surface area contributed by atoms with Crippen molar-refractivity contribution >= 4 is 17.5 Å². The van der Waals surface area contributed by atoms with Gasteiger partial charge in [0, 0.05) is 30.3 Å². The van der Waals surface area contributed by atoms with Gasteiger partial charge in [0.2, 0.25) is 5.91 Å². The summed E-state index contributed by atoms with van der Waals surface area (Å²) in [6.45, 7) is 9.10. The molecule has 5 nitrogen and oxygen atoms in total. The monoisotopic (exact) mass is 303 g/mol. The summed E-state index contributed by atoms with van der Waals surface area (Å²) in [6, 6.07) is 7.12. The Morgan fingerprint density at radius 1 is 1.23 bits per heavy atom. The molecular weight excluding hydrogens is 278 g/mol. The largest absolute Gasteiger partial charge is 0.339 e. The van der Waals surface area contributed by atoms with E-state index in [0.29, 0.717) is 24.6 Å². The Hall–Kier alpha value is -1.88. The van der Waals surface area contributed by atoms with Gasteiger partial charge in [0.05, 0.1) is 0 Å². The zero-order valence-corrected chi connectivity index (χ0v) is 13.6. The Bertz CT molecular complexity index is 519. The van der Waals surface area contributed by atoms with E-state index in [-0.39, 0.29) is 17.7 Å². The Labute approximate surface area is 132 Å². The van der Waals surface area contributed by atoms with Crippen LogP contribution in [0.15, 0.2) is 24.3 Å². The van der Waals surface area contributed by atoms with E-state index in [0.717, 1.165) is 18.8 Å². The van der Waals surface area contributed by atoms with Crippen LogP contribution in [0.25, 0.3) is 0 Å². The fourth-order valence-corrected chi connectivity index (χ4v) is 2.52. The molecule has 0 spiro atoms. The van der Waals surface area contributed by atoms with E-state index in [4.69, 9.17) is 0 Å². The third kappa shape index (κ3) is 3.65. The number of amides is 2. The van der Waals surface area contributed by atoms with Crippen LogP contribution in [0.5, 0.6) is 0 Å². The third-order valence-electron chi connectivity index (χ3n) is 4.38. The number of carbonyl (C=O) groups is 2. The first-order valence-electron chi connectivity index (χ1n) is 7.97. The van der Waals surface area contributed by atoms with Gasteiger partial charge in [-0.25, -0.2) is 0 Å². The van der Waals surface area contributed by atoms with E-state index in [1.807, 2.05) is 20.8 Å². The fraction of sp³-hybridized carbons (Fsp3) is 0.529. The molecule has 0 radical (unpaired) electrons. The van der Waals surface area contributed by atoms with Crippen molar-refractivity contribution in [3.63, 3.8) is 0 Å². The van der Waals surface area contributed by atoms with Gasteiger partial charge < -0.3 is 15.5 Å². The van der Waals surface area contributed by atoms with Crippen molar-refractivity contribution in [3.05, 3.63) is 29.8 Å². The van der Waals surface area contributed by atoms with Crippen LogP contribution in [0, 0.1) is 11.8 Å². The van der Waals surface area contributed by atoms with Crippen molar-refractivity contribution in [2.45, 2.75) is 20.8 Å². The van der Waals surface area contributed by atoms with Gasteiger partial charge in [0.15, 0.2) is 0 Å². The summed E-state index contributed by atoms with van der Waals surface area (Å²) < 4.78 is 0. The van der Waals surface area contributed by atoms with E-state index >= 15 is 0 Å². The molecule has 2 rings (SSSR count). The lowest BCUT2D eigenvalue weighted by Gasteiger charge is -2.31. The summed E-state index contributed by atoms with van der Waals surface area (Å²) in [6.07, 6.45) is 0. The van der Waals surface area contributed by atoms with Gasteiger partial charge in [0.25, 0.3) is 5.91 Å². The number of benzene rings is 1. The molecule has 5 heteroatoms. The molecule has 1 aliphatic heterocycles. The van der Waals surface area contributed by atoms with Crippen molar-refractivity contribution in [2.24, 2.45) is 11.8 Å². The average molecular weight is 303 g/mol. The third-order valence-corrected chi connectivity index (χ3v) is 4.38. The van der Waals surface area contributed by atoms with E-state index in [2.05, 4.69) is 10.6 Å². The number of hydrogen-bond donors (Lipinski definition) is 2. The second-order valence-corrected chi connectivity index (χ2v) is 5.75. The van der Waals surface area contributed by atoms with Gasteiger partial charge in [-0.1, -0.05) is 6.92 Å². The predicted octanol–water partition coefficient (Wildman–Crippen LogP) is 1.96. The number of nitrogens with one attached hydrogen (secondary N) is 2. The number of rotatable bonds is 6. The second kappa shape index (κ2) is 7.40. The Morgan fingerprint density at radius 3 is 2.27 bits per heavy atom. The number of nitrogens with zero attached hydrogens (tertiary/aromatic N) is 1. The maximum Gasteiger partial charge on any atom is 0.253 e. The van der Waals surface area contributed by atoms with Gasteiger partial charge in [0.1, 0.15) is 0 Å². The molecule has 1 unspecified atom stereocenters. The SMILES string of the molecule is CCN(CC)C(=O)c1ccc(NC(=O)C(C)C2CNC2)cc1. The summed E-state index contributed by atoms with van der Waals surface area (Å²) >= 11 is 0. The maximum absolute atomic E-state index is 12.2. The summed E-state index contributed by atoms with van der Waals surface area (Å²) in [5.74, 6) is 0.479. The Morgan fingerprint density at radius 2 is 1.82 bits per heavy atom. The van der Waals surface area contributed by atoms with E-state index in [1.165, 1.54) is 0 Å². The van der Waals surface area contributed by atoms with Crippen LogP contribution in [-0.2, 0) is 4.79 Å². The fourth-order valence-electron chi connectivity index (χ4n) is 2.52. The highest BCUT2D eigenvalue weighted by Gasteiger charge is 2.28. The standard InChI is InChI=1S/C17H25N3O2/c1-4-20(5-2)17(22)13-6-8-15(9-7-13)19-16(21)12(3)14-10-18-11-14/h6-9,12,14,18H,4-5,10-11H2,1-3H3,(H,19,21). The molecule has 2 N–H and O–H groups in total. The molecular formula is C17H25N3O2. The molecule has 22 heavy (non-hydrogen) atoms. The molecule has 0 aliphatic carbocycles. The molecule has 2 amide bonds. The minimum atomic E-state index is -0.00164. The molecule has 1 heterocycles. The highest BCUT2D eigenvalue weighted by Crippen LogP contribution is 2.19. The van der Waals surface area contributed by atoms with Crippen LogP contribution in [0.1, 0.15) is 31.1 Å². The van der Waals surface area contributed by atoms with Crippen LogP contribution >= 0.6 is 0 Å². The first-order valence-corrected chi connectivity index (χ1v) is 7.97. The lowest BCUT2D eigenvalue weighted by molar-refractivity contribution is -0.121. The lowest BCUT2D eigenvalue weighted by Crippen LogP contribution is -2.48. The first-order chi connectivity index (χ1) is 10.6. The molecule has 1 atom stereocenters. The average Bonchev–Trinajstić information content (AvgIpc) is 2.47. The van der Waals surface area contributed by atoms with Crippen molar-refractivity contribution in [3.8, 4) is 0 Å². The molecule has 1 aromatic rings. The minimum absolute atomic E-state index is 0.00164. The van der Waals surface area contributed by atoms with Crippen LogP contribution in [0.2, 0.25) is 0 Å². The molecule has 1 aromatic carbocycles. The molecule has 0 bridgehead atoms. The summed E-state index contributed by atoms with van der Waals surface area (Å²) in [7, 11) is 0. The van der Waals surface area contributed by atoms with Crippen molar-refractivity contribution in [1.29, 1.82) is 0 Å². The van der Waals surface area contributed by atoms with E-state index in [9.17, 15) is 9.59 Å². The second-order valence-electron chi connectivity index (χ2n) is 5.75. The molecule has 0 aromatic heterocycles. The van der Waals surface area contributed by atoms with Crippen molar-refractivity contribution in [1.82, 2.24) is 10.2 Å². The van der Waals surface area contributed by atoms with Gasteiger partial charge in [-0.15, -0.1) is 0 Å². The number of carbonyl (C=O) groups excluding carboxylic acids is 2. The maximum atomic E-state index is 12.2. The Balaban J connectivity index is 1.96. The molecule has 1 aliphatic rings. The Kier molecular flexibility index (Phi) is 5.55. The first kappa shape index (κ1) is 16.5. The lowest BCUT2D eigenvalue weighted by atomic mass is 9.88. The predicted molar refractivity (Wildman–Crippen MR) is 87.8 cm³/mol. The van der Waals surface area contributed by atoms with Crippen LogP contribution < -0.4 is 10.6 Å². The minimum Gasteiger partial charge on any atom is -0.339 e. The number of hydrogen-bond acceptors (Lipinski definition) is 3. The highest BCUT2D eigenvalue weighted by atomic mass is 16.2. The normalized spacial score (nSPS) is 15.8. The van der Waals surface area contributed by atoms with Crippen LogP contribution in [-0.4, -0.2) is 42.9 Å². The van der Waals surface area contributed by atoms with Gasteiger partial charge in [-0.05, 0) is 57.1 Å². The summed E-state index contributed by atoms with van der Waals surface area (Å²) in [4.78, 5) is 26.1. The van der Waals surface area contributed by atoms with Gasteiger partial charge >= 0.3 is 0 Å². The van der Waals surface area contributed by atoms with E-state index < -0.39 is 0 Å². The van der Waals surface area contributed by atoms with Crippen LogP contribution in [0.3, 0.4) is 0 Å². The smallest absolute Gasteiger partial charge is 0.253 e. The van der Waals surface area contributed by atoms with Crippen molar-refractivity contribution in [2.75, 3.05) is 31.5 Å². The van der Waals surface area contributed by atoms with Gasteiger partial charge in [-0.2, -0.15) is 0 Å². The summed E-state index contributed by atoms with van der Waals surface area (Å²) in [5.41, 5.74) is 1.39. The quantitative estimate of drug-likeness (QED) is 0.844. The number of anilines is 1. The molecule has 1 saturated heterocycles. The van der Waals surface area contributed by atoms with Crippen LogP contribution in [0.4, 0.5) is 5.69 Å². The van der Waals surface area contributed by atoms with Crippen molar-refractivity contribution < 1.29 is 9.59 Å². The topological polar surface area (TPSA) is 61.4 Å². The molecule has 1 fully saturated rings. The highest BCUT2D eigenvalue weighted by molar-refractivity contribution is 5.96. The molecule has 0 saturated carbocycles. The summed E-state index contributed by atoms with van der Waals surface area (Å²) in [5, 5.41) is 6.10. The zero-order chi connectivity index (χ0) is 16.1.